The number of carbonyl (C=O) groups is 1. The highest BCUT2D eigenvalue weighted by Crippen LogP contribution is 2.21. The van der Waals surface area contributed by atoms with Crippen LogP contribution < -0.4 is 10.0 Å². The molecule has 12 heteroatoms. The number of rotatable bonds is 4. The van der Waals surface area contributed by atoms with E-state index in [2.05, 4.69) is 4.98 Å². The summed E-state index contributed by atoms with van der Waals surface area (Å²) in [7, 11) is 0. The lowest BCUT2D eigenvalue weighted by Gasteiger charge is -2.17. The van der Waals surface area contributed by atoms with Gasteiger partial charge >= 0.3 is 6.98 Å². The molecule has 0 N–H and O–H groups in total. The van der Waals surface area contributed by atoms with Crippen molar-refractivity contribution in [1.29, 1.82) is 0 Å². The monoisotopic (exact) mass is 434 g/mol. The first kappa shape index (κ1) is 23.0. The Bertz CT molecular complexity index is 1000. The SMILES string of the molecule is Fc1c(F)c(F)c([B-](F)(F)F)c(F)c1F.O=C(C[n+]1ccncc1)c1ccccc1. The molecule has 0 aliphatic carbocycles. The summed E-state index contributed by atoms with van der Waals surface area (Å²) in [5.41, 5.74) is -1.99. The predicted molar refractivity (Wildman–Crippen MR) is 90.1 cm³/mol. The van der Waals surface area contributed by atoms with E-state index in [-0.39, 0.29) is 5.78 Å². The summed E-state index contributed by atoms with van der Waals surface area (Å²) in [6, 6.07) is 9.28. The predicted octanol–water partition coefficient (Wildman–Crippen LogP) is 3.69. The highest BCUT2D eigenvalue weighted by Gasteiger charge is 2.37. The number of nitrogens with zero attached hydrogens (tertiary/aromatic N) is 2. The zero-order valence-corrected chi connectivity index (χ0v) is 14.8. The zero-order valence-electron chi connectivity index (χ0n) is 14.8. The Morgan fingerprint density at radius 1 is 0.800 bits per heavy atom. The third kappa shape index (κ3) is 5.39. The largest absolute Gasteiger partial charge is 0.515 e. The molecule has 158 valence electrons. The van der Waals surface area contributed by atoms with Gasteiger partial charge in [0.25, 0.3) is 0 Å². The summed E-state index contributed by atoms with van der Waals surface area (Å²) in [6.45, 7) is -5.95. The second-order valence-electron chi connectivity index (χ2n) is 5.77. The second-order valence-corrected chi connectivity index (χ2v) is 5.77. The normalized spacial score (nSPS) is 10.9. The molecule has 0 bridgehead atoms. The first-order chi connectivity index (χ1) is 14.0. The van der Waals surface area contributed by atoms with E-state index >= 15 is 0 Å². The van der Waals surface area contributed by atoms with Gasteiger partial charge in [-0.2, -0.15) is 4.57 Å². The summed E-state index contributed by atoms with van der Waals surface area (Å²) >= 11 is 0. The average Bonchev–Trinajstić information content (AvgIpc) is 2.72. The fourth-order valence-corrected chi connectivity index (χ4v) is 2.24. The van der Waals surface area contributed by atoms with Crippen molar-refractivity contribution in [3.05, 3.63) is 89.8 Å². The molecule has 3 rings (SSSR count). The minimum Gasteiger partial charge on any atom is -0.445 e. The smallest absolute Gasteiger partial charge is 0.445 e. The molecule has 0 atom stereocenters. The van der Waals surface area contributed by atoms with Gasteiger partial charge in [-0.15, -0.1) is 0 Å². The fourth-order valence-electron chi connectivity index (χ4n) is 2.24. The lowest BCUT2D eigenvalue weighted by Crippen LogP contribution is -2.41. The molecule has 3 aromatic rings. The van der Waals surface area contributed by atoms with E-state index in [0.717, 1.165) is 5.56 Å². The lowest BCUT2D eigenvalue weighted by atomic mass is 9.79. The van der Waals surface area contributed by atoms with Gasteiger partial charge in [0.15, 0.2) is 29.8 Å². The van der Waals surface area contributed by atoms with E-state index in [0.29, 0.717) is 6.54 Å². The summed E-state index contributed by atoms with van der Waals surface area (Å²) < 4.78 is 99.4. The van der Waals surface area contributed by atoms with Gasteiger partial charge in [-0.1, -0.05) is 30.3 Å². The fraction of sp³-hybridized carbons (Fsp3) is 0.0556. The molecule has 3 nitrogen and oxygen atoms in total. The molecular formula is C18H11BF8N2O. The van der Waals surface area contributed by atoms with Crippen molar-refractivity contribution in [2.24, 2.45) is 0 Å². The minimum absolute atomic E-state index is 0.104. The number of aromatic nitrogens is 2. The maximum Gasteiger partial charge on any atom is 0.515 e. The van der Waals surface area contributed by atoms with Crippen molar-refractivity contribution >= 4 is 18.2 Å². The van der Waals surface area contributed by atoms with Gasteiger partial charge in [0.1, 0.15) is 11.6 Å². The summed E-state index contributed by atoms with van der Waals surface area (Å²) in [5.74, 6) is -13.5. The quantitative estimate of drug-likeness (QED) is 0.157. The number of ketones is 1. The Kier molecular flexibility index (Phi) is 7.25. The van der Waals surface area contributed by atoms with Gasteiger partial charge in [0, 0.05) is 5.56 Å². The topological polar surface area (TPSA) is 33.8 Å². The van der Waals surface area contributed by atoms with Crippen LogP contribution in [0.1, 0.15) is 10.4 Å². The summed E-state index contributed by atoms with van der Waals surface area (Å²) in [6.07, 6.45) is 6.89. The molecule has 0 amide bonds. The van der Waals surface area contributed by atoms with Crippen LogP contribution in [0.4, 0.5) is 34.9 Å². The number of hydrogen-bond acceptors (Lipinski definition) is 2. The Morgan fingerprint density at radius 2 is 1.27 bits per heavy atom. The van der Waals surface area contributed by atoms with E-state index in [1.807, 2.05) is 34.9 Å². The summed E-state index contributed by atoms with van der Waals surface area (Å²) in [5, 5.41) is 0. The zero-order chi connectivity index (χ0) is 22.5. The van der Waals surface area contributed by atoms with Crippen LogP contribution in [0.3, 0.4) is 0 Å². The molecule has 0 aliphatic rings. The van der Waals surface area contributed by atoms with Crippen molar-refractivity contribution in [2.75, 3.05) is 0 Å². The first-order valence-corrected chi connectivity index (χ1v) is 8.12. The molecule has 0 aliphatic heterocycles. The highest BCUT2D eigenvalue weighted by molar-refractivity contribution is 6.73. The van der Waals surface area contributed by atoms with Gasteiger partial charge in [-0.05, 0) is 5.46 Å². The van der Waals surface area contributed by atoms with Crippen molar-refractivity contribution < 1.29 is 44.3 Å². The van der Waals surface area contributed by atoms with E-state index in [4.69, 9.17) is 0 Å². The second kappa shape index (κ2) is 9.46. The maximum atomic E-state index is 12.5. The number of halogens is 8. The molecule has 30 heavy (non-hydrogen) atoms. The van der Waals surface area contributed by atoms with E-state index < -0.39 is 41.5 Å². The minimum atomic E-state index is -6.30. The third-order valence-corrected chi connectivity index (χ3v) is 3.68. The number of Topliss-reactive ketones (excluding diaryl/α,β-unsaturated/α-hetero) is 1. The van der Waals surface area contributed by atoms with Crippen LogP contribution >= 0.6 is 0 Å². The first-order valence-electron chi connectivity index (χ1n) is 8.12. The van der Waals surface area contributed by atoms with Crippen molar-refractivity contribution in [1.82, 2.24) is 4.98 Å². The molecule has 0 saturated heterocycles. The van der Waals surface area contributed by atoms with Crippen LogP contribution in [-0.2, 0) is 6.54 Å². The van der Waals surface area contributed by atoms with Crippen molar-refractivity contribution in [2.45, 2.75) is 6.54 Å². The Balaban J connectivity index is 0.000000214. The Labute approximate surface area is 164 Å². The van der Waals surface area contributed by atoms with Crippen LogP contribution in [0.15, 0.2) is 55.1 Å². The maximum absolute atomic E-state index is 12.5. The third-order valence-electron chi connectivity index (χ3n) is 3.68. The van der Waals surface area contributed by atoms with Gasteiger partial charge < -0.3 is 12.9 Å². The average molecular weight is 434 g/mol. The molecule has 1 heterocycles. The Hall–Kier alpha value is -3.31. The lowest BCUT2D eigenvalue weighted by molar-refractivity contribution is -0.683. The van der Waals surface area contributed by atoms with Crippen LogP contribution in [-0.4, -0.2) is 17.7 Å². The van der Waals surface area contributed by atoms with E-state index in [1.54, 1.807) is 24.8 Å². The molecule has 0 fully saturated rings. The van der Waals surface area contributed by atoms with Crippen LogP contribution in [0, 0.1) is 29.1 Å². The molecular weight excluding hydrogens is 423 g/mol. The molecule has 1 aromatic heterocycles. The van der Waals surface area contributed by atoms with Gasteiger partial charge in [0.05, 0.1) is 12.4 Å². The summed E-state index contributed by atoms with van der Waals surface area (Å²) in [4.78, 5) is 15.7. The van der Waals surface area contributed by atoms with Crippen molar-refractivity contribution in [3.8, 4) is 0 Å². The van der Waals surface area contributed by atoms with Gasteiger partial charge in [-0.3, -0.25) is 9.78 Å². The molecule has 0 radical (unpaired) electrons. The van der Waals surface area contributed by atoms with Crippen LogP contribution in [0.25, 0.3) is 0 Å². The molecule has 0 spiro atoms. The number of benzene rings is 2. The molecule has 0 unspecified atom stereocenters. The number of hydrogen-bond donors (Lipinski definition) is 0. The van der Waals surface area contributed by atoms with Crippen LogP contribution in [0.2, 0.25) is 0 Å². The van der Waals surface area contributed by atoms with Crippen molar-refractivity contribution in [3.63, 3.8) is 0 Å². The Morgan fingerprint density at radius 3 is 1.73 bits per heavy atom. The van der Waals surface area contributed by atoms with Gasteiger partial charge in [-0.25, -0.2) is 22.0 Å². The van der Waals surface area contributed by atoms with Gasteiger partial charge in [0.2, 0.25) is 12.3 Å². The number of carbonyl (C=O) groups excluding carboxylic acids is 1. The van der Waals surface area contributed by atoms with E-state index in [9.17, 15) is 39.7 Å². The molecule has 0 saturated carbocycles. The van der Waals surface area contributed by atoms with E-state index in [1.165, 1.54) is 0 Å². The standard InChI is InChI=1S/C12H11N2O.C6BF8/c15-12(11-4-2-1-3-5-11)10-14-8-6-13-7-9-14;8-2-1(7(13,14)15)3(9)5(11)6(12)4(2)10/h1-9H,10H2;/q+1;-1. The van der Waals surface area contributed by atoms with Crippen LogP contribution in [0.5, 0.6) is 0 Å². The highest BCUT2D eigenvalue weighted by atomic mass is 19.4. The molecule has 2 aromatic carbocycles.